The van der Waals surface area contributed by atoms with Crippen LogP contribution in [0.3, 0.4) is 0 Å². The summed E-state index contributed by atoms with van der Waals surface area (Å²) in [6, 6.07) is 0. The van der Waals surface area contributed by atoms with Crippen molar-refractivity contribution in [2.45, 2.75) is 83.9 Å². The lowest BCUT2D eigenvalue weighted by Crippen LogP contribution is -2.62. The summed E-state index contributed by atoms with van der Waals surface area (Å²) in [5, 5.41) is 30.3. The van der Waals surface area contributed by atoms with Crippen molar-refractivity contribution in [2.75, 3.05) is 6.61 Å². The number of carboxylic acid groups (broad SMARTS) is 2. The van der Waals surface area contributed by atoms with E-state index in [1.807, 2.05) is 32.8 Å². The van der Waals surface area contributed by atoms with E-state index in [2.05, 4.69) is 0 Å². The number of carbonyl (C=O) groups is 2. The van der Waals surface area contributed by atoms with E-state index in [4.69, 9.17) is 9.94 Å². The predicted molar refractivity (Wildman–Crippen MR) is 93.0 cm³/mol. The van der Waals surface area contributed by atoms with Crippen LogP contribution in [0, 0.1) is 11.8 Å². The fraction of sp³-hybridized carbons (Fsp3) is 0.889. The molecule has 0 aromatic carbocycles. The first kappa shape index (κ1) is 21.9. The topological polar surface area (TPSA) is 107 Å². The number of hydroxylamine groups is 2. The molecule has 1 rings (SSSR count). The lowest BCUT2D eigenvalue weighted by Gasteiger charge is -2.55. The highest BCUT2D eigenvalue weighted by molar-refractivity contribution is 5.72. The minimum Gasteiger partial charge on any atom is -0.481 e. The van der Waals surface area contributed by atoms with E-state index in [-0.39, 0.29) is 25.4 Å². The maximum atomic E-state index is 11.7. The summed E-state index contributed by atoms with van der Waals surface area (Å²) in [6.07, 6.45) is 1.15. The van der Waals surface area contributed by atoms with E-state index < -0.39 is 34.5 Å². The number of hydrogen-bond acceptors (Lipinski definition) is 5. The van der Waals surface area contributed by atoms with Crippen molar-refractivity contribution in [1.82, 2.24) is 5.06 Å². The van der Waals surface area contributed by atoms with Crippen LogP contribution < -0.4 is 0 Å². The van der Waals surface area contributed by atoms with Gasteiger partial charge >= 0.3 is 11.9 Å². The van der Waals surface area contributed by atoms with E-state index >= 15 is 0 Å². The van der Waals surface area contributed by atoms with Crippen molar-refractivity contribution >= 4 is 11.9 Å². The summed E-state index contributed by atoms with van der Waals surface area (Å²) in [7, 11) is 0. The van der Waals surface area contributed by atoms with Crippen molar-refractivity contribution in [2.24, 2.45) is 11.8 Å². The first-order chi connectivity index (χ1) is 11.2. The van der Waals surface area contributed by atoms with Gasteiger partial charge in [-0.05, 0) is 66.7 Å². The van der Waals surface area contributed by atoms with Crippen LogP contribution in [0.1, 0.15) is 67.2 Å². The highest BCUT2D eigenvalue weighted by Crippen LogP contribution is 2.45. The first-order valence-electron chi connectivity index (χ1n) is 8.76. The van der Waals surface area contributed by atoms with Crippen molar-refractivity contribution in [3.8, 4) is 0 Å². The average Bonchev–Trinajstić information content (AvgIpc) is 2.33. The molecular weight excluding hydrogens is 326 g/mol. The fourth-order valence-corrected chi connectivity index (χ4v) is 4.04. The zero-order chi connectivity index (χ0) is 19.6. The number of carboxylic acids is 2. The normalized spacial score (nSPS) is 22.5. The van der Waals surface area contributed by atoms with E-state index in [0.717, 1.165) is 0 Å². The molecule has 0 aliphatic carbocycles. The van der Waals surface area contributed by atoms with Crippen molar-refractivity contribution in [1.29, 1.82) is 0 Å². The second-order valence-corrected chi connectivity index (χ2v) is 9.05. The van der Waals surface area contributed by atoms with Gasteiger partial charge in [-0.2, -0.15) is 5.06 Å². The largest absolute Gasteiger partial charge is 0.481 e. The van der Waals surface area contributed by atoms with Crippen LogP contribution in [0.5, 0.6) is 0 Å². The monoisotopic (exact) mass is 359 g/mol. The molecule has 0 saturated carbocycles. The second-order valence-electron chi connectivity index (χ2n) is 9.05. The molecule has 0 bridgehead atoms. The SMILES string of the molecule is CC(C)(O)CON1C(C)(C)CC(C(CCC(=O)O)C(=O)O)CC1(C)C. The molecule has 1 unspecified atom stereocenters. The Morgan fingerprint density at radius 1 is 1.16 bits per heavy atom. The van der Waals surface area contributed by atoms with Gasteiger partial charge in [0.15, 0.2) is 0 Å². The predicted octanol–water partition coefficient (Wildman–Crippen LogP) is 2.52. The van der Waals surface area contributed by atoms with E-state index in [1.54, 1.807) is 13.8 Å². The van der Waals surface area contributed by atoms with Gasteiger partial charge in [-0.15, -0.1) is 0 Å². The Hall–Kier alpha value is -1.18. The van der Waals surface area contributed by atoms with Gasteiger partial charge in [-0.1, -0.05) is 0 Å². The second kappa shape index (κ2) is 7.60. The lowest BCUT2D eigenvalue weighted by molar-refractivity contribution is -0.304. The molecule has 146 valence electrons. The van der Waals surface area contributed by atoms with Gasteiger partial charge in [-0.25, -0.2) is 0 Å². The molecule has 7 heteroatoms. The Balaban J connectivity index is 2.96. The van der Waals surface area contributed by atoms with Gasteiger partial charge in [-0.3, -0.25) is 14.4 Å². The van der Waals surface area contributed by atoms with Gasteiger partial charge < -0.3 is 15.3 Å². The van der Waals surface area contributed by atoms with Crippen LogP contribution in [-0.4, -0.2) is 55.6 Å². The smallest absolute Gasteiger partial charge is 0.306 e. The van der Waals surface area contributed by atoms with Crippen LogP contribution in [0.4, 0.5) is 0 Å². The third-order valence-corrected chi connectivity index (χ3v) is 4.73. The van der Waals surface area contributed by atoms with E-state index in [1.165, 1.54) is 0 Å². The molecule has 1 fully saturated rings. The van der Waals surface area contributed by atoms with Crippen molar-refractivity contribution < 1.29 is 29.7 Å². The molecule has 1 atom stereocenters. The fourth-order valence-electron chi connectivity index (χ4n) is 4.04. The summed E-state index contributed by atoms with van der Waals surface area (Å²) >= 11 is 0. The summed E-state index contributed by atoms with van der Waals surface area (Å²) in [6.45, 7) is 11.4. The van der Waals surface area contributed by atoms with E-state index in [9.17, 15) is 19.8 Å². The zero-order valence-electron chi connectivity index (χ0n) is 16.2. The maximum absolute atomic E-state index is 11.7. The lowest BCUT2D eigenvalue weighted by atomic mass is 9.69. The van der Waals surface area contributed by atoms with Crippen LogP contribution in [0.25, 0.3) is 0 Å². The van der Waals surface area contributed by atoms with Crippen molar-refractivity contribution in [3.63, 3.8) is 0 Å². The van der Waals surface area contributed by atoms with Crippen LogP contribution in [0.2, 0.25) is 0 Å². The molecule has 1 aliphatic rings. The molecule has 1 heterocycles. The summed E-state index contributed by atoms with van der Waals surface area (Å²) in [4.78, 5) is 28.5. The standard InChI is InChI=1S/C18H33NO6/c1-16(2)9-12(13(15(22)23)7-8-14(20)21)10-17(3,4)19(16)25-11-18(5,6)24/h12-13,24H,7-11H2,1-6H3,(H,20,21)(H,22,23). The number of aliphatic carboxylic acids is 2. The molecular formula is C18H33NO6. The van der Waals surface area contributed by atoms with E-state index in [0.29, 0.717) is 12.8 Å². The summed E-state index contributed by atoms with van der Waals surface area (Å²) < 4.78 is 0. The zero-order valence-corrected chi connectivity index (χ0v) is 16.2. The molecule has 1 aliphatic heterocycles. The third kappa shape index (κ3) is 6.24. The summed E-state index contributed by atoms with van der Waals surface area (Å²) in [5.41, 5.74) is -1.84. The number of nitrogens with zero attached hydrogens (tertiary/aromatic N) is 1. The van der Waals surface area contributed by atoms with Crippen LogP contribution in [0.15, 0.2) is 0 Å². The minimum atomic E-state index is -0.976. The van der Waals surface area contributed by atoms with Gasteiger partial charge in [0.2, 0.25) is 0 Å². The third-order valence-electron chi connectivity index (χ3n) is 4.73. The number of piperidine rings is 1. The average molecular weight is 359 g/mol. The Labute approximate surface area is 149 Å². The number of rotatable bonds is 8. The molecule has 0 amide bonds. The van der Waals surface area contributed by atoms with Gasteiger partial charge in [0, 0.05) is 17.5 Å². The molecule has 0 aromatic rings. The van der Waals surface area contributed by atoms with Crippen LogP contribution >= 0.6 is 0 Å². The van der Waals surface area contributed by atoms with Crippen LogP contribution in [-0.2, 0) is 14.4 Å². The molecule has 0 radical (unpaired) electrons. The molecule has 1 saturated heterocycles. The summed E-state index contributed by atoms with van der Waals surface area (Å²) in [5.74, 6) is -2.74. The Morgan fingerprint density at radius 3 is 2.00 bits per heavy atom. The number of aliphatic hydroxyl groups is 1. The minimum absolute atomic E-state index is 0.131. The molecule has 3 N–H and O–H groups in total. The molecule has 0 aromatic heterocycles. The van der Waals surface area contributed by atoms with Gasteiger partial charge in [0.25, 0.3) is 0 Å². The molecule has 25 heavy (non-hydrogen) atoms. The number of hydrogen-bond donors (Lipinski definition) is 3. The quantitative estimate of drug-likeness (QED) is 0.611. The van der Waals surface area contributed by atoms with Gasteiger partial charge in [0.1, 0.15) is 0 Å². The first-order valence-corrected chi connectivity index (χ1v) is 8.76. The Morgan fingerprint density at radius 2 is 1.64 bits per heavy atom. The molecule has 0 spiro atoms. The highest BCUT2D eigenvalue weighted by atomic mass is 16.7. The maximum Gasteiger partial charge on any atom is 0.306 e. The molecule has 7 nitrogen and oxygen atoms in total. The Bertz CT molecular complexity index is 476. The highest BCUT2D eigenvalue weighted by Gasteiger charge is 2.49. The van der Waals surface area contributed by atoms with Crippen molar-refractivity contribution in [3.05, 3.63) is 0 Å². The van der Waals surface area contributed by atoms with Gasteiger partial charge in [0.05, 0.1) is 18.1 Å². The Kier molecular flexibility index (Phi) is 6.64.